The molecule has 1 saturated carbocycles. The van der Waals surface area contributed by atoms with Crippen LogP contribution < -0.4 is 5.32 Å². The lowest BCUT2D eigenvalue weighted by molar-refractivity contribution is 0.170. The van der Waals surface area contributed by atoms with E-state index in [2.05, 4.69) is 45.5 Å². The summed E-state index contributed by atoms with van der Waals surface area (Å²) in [6, 6.07) is 8.99. The number of piperidine rings is 1. The lowest BCUT2D eigenvalue weighted by atomic mass is 9.67. The van der Waals surface area contributed by atoms with Crippen molar-refractivity contribution in [3.05, 3.63) is 34.3 Å². The van der Waals surface area contributed by atoms with Crippen LogP contribution in [0.2, 0.25) is 0 Å². The lowest BCUT2D eigenvalue weighted by Gasteiger charge is -2.42. The van der Waals surface area contributed by atoms with E-state index in [0.717, 1.165) is 5.92 Å². The Labute approximate surface area is 112 Å². The fourth-order valence-electron chi connectivity index (χ4n) is 3.82. The summed E-state index contributed by atoms with van der Waals surface area (Å²) in [5, 5.41) is 3.59. The lowest BCUT2D eigenvalue weighted by Crippen LogP contribution is -2.42. The van der Waals surface area contributed by atoms with Gasteiger partial charge in [0.25, 0.3) is 0 Å². The third-order valence-electron chi connectivity index (χ3n) is 4.76. The number of nitrogens with one attached hydrogen (secondary N) is 1. The van der Waals surface area contributed by atoms with Crippen LogP contribution in [-0.4, -0.2) is 13.1 Å². The van der Waals surface area contributed by atoms with E-state index in [9.17, 15) is 0 Å². The van der Waals surface area contributed by atoms with Crippen molar-refractivity contribution >= 4 is 15.9 Å². The van der Waals surface area contributed by atoms with Crippen molar-refractivity contribution in [3.63, 3.8) is 0 Å². The van der Waals surface area contributed by atoms with Crippen molar-refractivity contribution in [2.24, 2.45) is 5.41 Å². The van der Waals surface area contributed by atoms with Gasteiger partial charge >= 0.3 is 0 Å². The first-order valence-corrected chi connectivity index (χ1v) is 7.56. The summed E-state index contributed by atoms with van der Waals surface area (Å²) in [7, 11) is 0. The predicted molar refractivity (Wildman–Crippen MR) is 75.3 cm³/mol. The molecule has 0 bridgehead atoms. The molecule has 1 aliphatic heterocycles. The van der Waals surface area contributed by atoms with E-state index in [1.165, 1.54) is 55.2 Å². The summed E-state index contributed by atoms with van der Waals surface area (Å²) in [6.07, 6.45) is 7.12. The molecule has 1 atom stereocenters. The van der Waals surface area contributed by atoms with Gasteiger partial charge in [-0.25, -0.2) is 0 Å². The second kappa shape index (κ2) is 4.74. The van der Waals surface area contributed by atoms with E-state index in [1.807, 2.05) is 0 Å². The maximum absolute atomic E-state index is 3.59. The van der Waals surface area contributed by atoms with Gasteiger partial charge in [-0.1, -0.05) is 40.9 Å². The van der Waals surface area contributed by atoms with Crippen molar-refractivity contribution in [2.75, 3.05) is 13.1 Å². The van der Waals surface area contributed by atoms with Crippen LogP contribution in [0.5, 0.6) is 0 Å². The van der Waals surface area contributed by atoms with E-state index < -0.39 is 0 Å². The van der Waals surface area contributed by atoms with Crippen LogP contribution in [0.3, 0.4) is 0 Å². The third kappa shape index (κ3) is 2.17. The Morgan fingerprint density at radius 3 is 2.47 bits per heavy atom. The monoisotopic (exact) mass is 293 g/mol. The van der Waals surface area contributed by atoms with Gasteiger partial charge in [0.2, 0.25) is 0 Å². The van der Waals surface area contributed by atoms with Crippen molar-refractivity contribution < 1.29 is 0 Å². The Kier molecular flexibility index (Phi) is 3.27. The summed E-state index contributed by atoms with van der Waals surface area (Å²) in [6.45, 7) is 2.38. The number of benzene rings is 1. The molecule has 0 amide bonds. The zero-order chi connectivity index (χ0) is 11.7. The number of hydrogen-bond donors (Lipinski definition) is 1. The minimum absolute atomic E-state index is 0.610. The largest absolute Gasteiger partial charge is 0.316 e. The van der Waals surface area contributed by atoms with Gasteiger partial charge in [-0.15, -0.1) is 0 Å². The van der Waals surface area contributed by atoms with Gasteiger partial charge < -0.3 is 5.32 Å². The molecule has 0 aromatic heterocycles. The van der Waals surface area contributed by atoms with Crippen LogP contribution in [0.25, 0.3) is 0 Å². The topological polar surface area (TPSA) is 12.0 Å². The number of hydrogen-bond acceptors (Lipinski definition) is 1. The average molecular weight is 294 g/mol. The molecule has 1 spiro atoms. The molecule has 1 unspecified atom stereocenters. The smallest absolute Gasteiger partial charge is 0.0175 e. The highest BCUT2D eigenvalue weighted by Crippen LogP contribution is 2.52. The number of rotatable bonds is 1. The van der Waals surface area contributed by atoms with Gasteiger partial charge in [0.05, 0.1) is 0 Å². The summed E-state index contributed by atoms with van der Waals surface area (Å²) < 4.78 is 1.19. The fraction of sp³-hybridized carbons (Fsp3) is 0.600. The van der Waals surface area contributed by atoms with Crippen LogP contribution >= 0.6 is 15.9 Å². The molecule has 3 rings (SSSR count). The molecule has 1 aromatic carbocycles. The van der Waals surface area contributed by atoms with Gasteiger partial charge in [-0.2, -0.15) is 0 Å². The summed E-state index contributed by atoms with van der Waals surface area (Å²) >= 11 is 3.53. The van der Waals surface area contributed by atoms with Crippen molar-refractivity contribution in [2.45, 2.75) is 38.0 Å². The van der Waals surface area contributed by atoms with Crippen LogP contribution in [0.15, 0.2) is 28.7 Å². The third-order valence-corrected chi connectivity index (χ3v) is 5.29. The van der Waals surface area contributed by atoms with Gasteiger partial charge in [0, 0.05) is 16.9 Å². The molecule has 17 heavy (non-hydrogen) atoms. The summed E-state index contributed by atoms with van der Waals surface area (Å²) in [4.78, 5) is 0. The second-order valence-electron chi connectivity index (χ2n) is 5.63. The standard InChI is InChI=1S/C15H20BrN/c16-13-5-3-12(4-6-13)14-11-17-10-9-15(14)7-1-2-8-15/h3-6,14,17H,1-2,7-11H2. The quantitative estimate of drug-likeness (QED) is 0.822. The highest BCUT2D eigenvalue weighted by atomic mass is 79.9. The molecule has 0 radical (unpaired) electrons. The van der Waals surface area contributed by atoms with Crippen LogP contribution in [-0.2, 0) is 0 Å². The molecule has 1 aliphatic carbocycles. The molecule has 1 nitrogen and oxygen atoms in total. The van der Waals surface area contributed by atoms with Gasteiger partial charge in [0.1, 0.15) is 0 Å². The molecule has 2 aliphatic rings. The second-order valence-corrected chi connectivity index (χ2v) is 6.54. The summed E-state index contributed by atoms with van der Waals surface area (Å²) in [5.41, 5.74) is 2.14. The minimum atomic E-state index is 0.610. The van der Waals surface area contributed by atoms with Crippen molar-refractivity contribution in [1.82, 2.24) is 5.32 Å². The maximum atomic E-state index is 3.59. The highest BCUT2D eigenvalue weighted by Gasteiger charge is 2.43. The predicted octanol–water partition coefficient (Wildman–Crippen LogP) is 4.09. The molecule has 2 heteroatoms. The van der Waals surface area contributed by atoms with Gasteiger partial charge in [-0.3, -0.25) is 0 Å². The molecule has 1 saturated heterocycles. The first-order chi connectivity index (χ1) is 8.30. The van der Waals surface area contributed by atoms with Gasteiger partial charge in [-0.05, 0) is 48.9 Å². The Bertz CT molecular complexity index is 378. The SMILES string of the molecule is Brc1ccc(C2CNCCC23CCCC3)cc1. The van der Waals surface area contributed by atoms with E-state index in [4.69, 9.17) is 0 Å². The van der Waals surface area contributed by atoms with E-state index in [0.29, 0.717) is 5.41 Å². The number of halogens is 1. The molecule has 92 valence electrons. The Balaban J connectivity index is 1.91. The highest BCUT2D eigenvalue weighted by molar-refractivity contribution is 9.10. The molecular weight excluding hydrogens is 274 g/mol. The summed E-state index contributed by atoms with van der Waals surface area (Å²) in [5.74, 6) is 0.729. The van der Waals surface area contributed by atoms with E-state index in [1.54, 1.807) is 0 Å². The van der Waals surface area contributed by atoms with Crippen molar-refractivity contribution in [1.29, 1.82) is 0 Å². The maximum Gasteiger partial charge on any atom is 0.0175 e. The van der Waals surface area contributed by atoms with Crippen LogP contribution in [0, 0.1) is 5.41 Å². The first kappa shape index (κ1) is 11.7. The van der Waals surface area contributed by atoms with Gasteiger partial charge in [0.15, 0.2) is 0 Å². The first-order valence-electron chi connectivity index (χ1n) is 6.76. The molecule has 1 aromatic rings. The Hall–Kier alpha value is -0.340. The Morgan fingerprint density at radius 1 is 1.06 bits per heavy atom. The van der Waals surface area contributed by atoms with E-state index >= 15 is 0 Å². The minimum Gasteiger partial charge on any atom is -0.316 e. The van der Waals surface area contributed by atoms with Crippen molar-refractivity contribution in [3.8, 4) is 0 Å². The zero-order valence-corrected chi connectivity index (χ0v) is 11.8. The Morgan fingerprint density at radius 2 is 1.76 bits per heavy atom. The molecule has 2 fully saturated rings. The van der Waals surface area contributed by atoms with Crippen LogP contribution in [0.4, 0.5) is 0 Å². The molecule has 1 heterocycles. The molecular formula is C15H20BrN. The normalized spacial score (nSPS) is 27.5. The van der Waals surface area contributed by atoms with Crippen LogP contribution in [0.1, 0.15) is 43.6 Å². The zero-order valence-electron chi connectivity index (χ0n) is 10.2. The average Bonchev–Trinajstić information content (AvgIpc) is 2.80. The molecule has 1 N–H and O–H groups in total. The van der Waals surface area contributed by atoms with E-state index in [-0.39, 0.29) is 0 Å². The fourth-order valence-corrected chi connectivity index (χ4v) is 4.08.